The number of anilines is 1. The first kappa shape index (κ1) is 23.0. The second-order valence-corrected chi connectivity index (χ2v) is 8.38. The van der Waals surface area contributed by atoms with Gasteiger partial charge in [0, 0.05) is 12.3 Å². The van der Waals surface area contributed by atoms with Crippen LogP contribution < -0.4 is 10.5 Å². The molecule has 0 spiro atoms. The standard InChI is InChI=1S/C24H23F3N6O2/c25-24(26,27)16-10-11-29-19(12-16)35-23-20-21(28)30-14-31-22(20)33(32-23)17-8-4-5-9-18(17)34-13-15-6-2-1-3-7-15/h1-3,6-7,10-12,14,17-18H,4-5,8-9,13H2,(H2,28,30,31). The van der Waals surface area contributed by atoms with Crippen molar-refractivity contribution in [1.29, 1.82) is 0 Å². The SMILES string of the molecule is Nc1ncnc2c1c(Oc1cc(C(F)(F)F)ccn1)nn2C1CCCCC1OCc1ccccc1. The predicted molar refractivity (Wildman–Crippen MR) is 122 cm³/mol. The number of alkyl halides is 3. The zero-order valence-corrected chi connectivity index (χ0v) is 18.7. The molecule has 2 atom stereocenters. The summed E-state index contributed by atoms with van der Waals surface area (Å²) in [6.45, 7) is 0.454. The summed E-state index contributed by atoms with van der Waals surface area (Å²) < 4.78 is 53.1. The van der Waals surface area contributed by atoms with Crippen LogP contribution in [0, 0.1) is 0 Å². The molecule has 3 aromatic heterocycles. The van der Waals surface area contributed by atoms with Crippen molar-refractivity contribution in [3.8, 4) is 11.8 Å². The van der Waals surface area contributed by atoms with Crippen molar-refractivity contribution in [2.24, 2.45) is 0 Å². The van der Waals surface area contributed by atoms with E-state index in [2.05, 4.69) is 20.1 Å². The Morgan fingerprint density at radius 3 is 2.63 bits per heavy atom. The van der Waals surface area contributed by atoms with Gasteiger partial charge in [0.05, 0.1) is 24.3 Å². The van der Waals surface area contributed by atoms with Crippen LogP contribution in [0.1, 0.15) is 42.9 Å². The van der Waals surface area contributed by atoms with Crippen molar-refractivity contribution in [3.63, 3.8) is 0 Å². The van der Waals surface area contributed by atoms with Crippen molar-refractivity contribution in [2.75, 3.05) is 5.73 Å². The highest BCUT2D eigenvalue weighted by molar-refractivity contribution is 5.90. The van der Waals surface area contributed by atoms with Gasteiger partial charge in [-0.15, -0.1) is 5.10 Å². The van der Waals surface area contributed by atoms with E-state index in [9.17, 15) is 13.2 Å². The first-order valence-electron chi connectivity index (χ1n) is 11.3. The third-order valence-electron chi connectivity index (χ3n) is 6.04. The molecule has 35 heavy (non-hydrogen) atoms. The minimum absolute atomic E-state index is 0.00249. The van der Waals surface area contributed by atoms with E-state index in [-0.39, 0.29) is 29.7 Å². The molecule has 0 aliphatic heterocycles. The summed E-state index contributed by atoms with van der Waals surface area (Å²) in [4.78, 5) is 12.3. The Bertz CT molecular complexity index is 1310. The lowest BCUT2D eigenvalue weighted by atomic mass is 9.92. The topological polar surface area (TPSA) is 101 Å². The molecule has 0 bridgehead atoms. The van der Waals surface area contributed by atoms with Gasteiger partial charge in [-0.2, -0.15) is 13.2 Å². The van der Waals surface area contributed by atoms with Crippen molar-refractivity contribution in [3.05, 3.63) is 66.1 Å². The quantitative estimate of drug-likeness (QED) is 0.396. The predicted octanol–water partition coefficient (Wildman–Crippen LogP) is 5.32. The highest BCUT2D eigenvalue weighted by atomic mass is 19.4. The number of nitrogens with zero attached hydrogens (tertiary/aromatic N) is 5. The minimum atomic E-state index is -4.53. The second-order valence-electron chi connectivity index (χ2n) is 8.38. The smallest absolute Gasteiger partial charge is 0.416 e. The molecule has 2 unspecified atom stereocenters. The molecule has 11 heteroatoms. The molecule has 182 valence electrons. The fourth-order valence-corrected chi connectivity index (χ4v) is 4.34. The number of halogens is 3. The van der Waals surface area contributed by atoms with Gasteiger partial charge in [-0.25, -0.2) is 19.6 Å². The van der Waals surface area contributed by atoms with Crippen LogP contribution in [-0.2, 0) is 17.5 Å². The summed E-state index contributed by atoms with van der Waals surface area (Å²) in [6, 6.07) is 11.4. The van der Waals surface area contributed by atoms with Crippen LogP contribution in [0.5, 0.6) is 11.8 Å². The minimum Gasteiger partial charge on any atom is -0.418 e. The van der Waals surface area contributed by atoms with Crippen molar-refractivity contribution >= 4 is 16.9 Å². The molecule has 0 saturated heterocycles. The average molecular weight is 484 g/mol. The molecule has 0 amide bonds. The van der Waals surface area contributed by atoms with E-state index in [1.165, 1.54) is 6.33 Å². The first-order valence-corrected chi connectivity index (χ1v) is 11.3. The van der Waals surface area contributed by atoms with Crippen LogP contribution in [-0.4, -0.2) is 30.8 Å². The summed E-state index contributed by atoms with van der Waals surface area (Å²) in [5, 5.41) is 4.90. The normalized spacial score (nSPS) is 18.6. The fraction of sp³-hybridized carbons (Fsp3) is 0.333. The van der Waals surface area contributed by atoms with E-state index in [0.717, 1.165) is 49.6 Å². The van der Waals surface area contributed by atoms with Gasteiger partial charge in [0.1, 0.15) is 17.5 Å². The monoisotopic (exact) mass is 484 g/mol. The Kier molecular flexibility index (Phi) is 6.25. The maximum Gasteiger partial charge on any atom is 0.416 e. The van der Waals surface area contributed by atoms with Gasteiger partial charge < -0.3 is 15.2 Å². The van der Waals surface area contributed by atoms with Crippen molar-refractivity contribution in [2.45, 2.75) is 50.6 Å². The molecule has 1 aliphatic rings. The molecular formula is C24H23F3N6O2. The first-order chi connectivity index (χ1) is 16.9. The van der Waals surface area contributed by atoms with Gasteiger partial charge in [-0.05, 0) is 24.5 Å². The van der Waals surface area contributed by atoms with Crippen LogP contribution in [0.2, 0.25) is 0 Å². The summed E-state index contributed by atoms with van der Waals surface area (Å²) in [5.41, 5.74) is 6.72. The summed E-state index contributed by atoms with van der Waals surface area (Å²) in [6.07, 6.45) is 1.31. The Hall–Kier alpha value is -3.73. The van der Waals surface area contributed by atoms with Crippen LogP contribution in [0.15, 0.2) is 55.0 Å². The third-order valence-corrected chi connectivity index (χ3v) is 6.04. The number of fused-ring (bicyclic) bond motifs is 1. The summed E-state index contributed by atoms with van der Waals surface area (Å²) >= 11 is 0. The number of nitrogen functional groups attached to an aromatic ring is 1. The van der Waals surface area contributed by atoms with Gasteiger partial charge in [-0.3, -0.25) is 0 Å². The number of aromatic nitrogens is 5. The van der Waals surface area contributed by atoms with Crippen LogP contribution in [0.4, 0.5) is 19.0 Å². The van der Waals surface area contributed by atoms with E-state index < -0.39 is 11.7 Å². The van der Waals surface area contributed by atoms with Gasteiger partial charge in [0.15, 0.2) is 5.65 Å². The van der Waals surface area contributed by atoms with Gasteiger partial charge >= 0.3 is 6.18 Å². The Balaban J connectivity index is 1.48. The second kappa shape index (κ2) is 9.49. The molecular weight excluding hydrogens is 461 g/mol. The summed E-state index contributed by atoms with van der Waals surface area (Å²) in [7, 11) is 0. The molecule has 5 rings (SSSR count). The third kappa shape index (κ3) is 4.90. The average Bonchev–Trinajstić information content (AvgIpc) is 3.22. The van der Waals surface area contributed by atoms with Crippen molar-refractivity contribution in [1.82, 2.24) is 24.7 Å². The van der Waals surface area contributed by atoms with E-state index in [1.807, 2.05) is 30.3 Å². The Labute approximate surface area is 198 Å². The molecule has 2 N–H and O–H groups in total. The van der Waals surface area contributed by atoms with E-state index >= 15 is 0 Å². The maximum atomic E-state index is 13.2. The lowest BCUT2D eigenvalue weighted by Crippen LogP contribution is -2.31. The lowest BCUT2D eigenvalue weighted by Gasteiger charge is -2.31. The highest BCUT2D eigenvalue weighted by Gasteiger charge is 2.33. The van der Waals surface area contributed by atoms with Crippen LogP contribution in [0.25, 0.3) is 11.0 Å². The number of rotatable bonds is 6. The number of hydrogen-bond donors (Lipinski definition) is 1. The lowest BCUT2D eigenvalue weighted by molar-refractivity contribution is -0.137. The zero-order valence-electron chi connectivity index (χ0n) is 18.7. The molecule has 1 aliphatic carbocycles. The van der Waals surface area contributed by atoms with Gasteiger partial charge in [0.2, 0.25) is 5.88 Å². The molecule has 4 aromatic rings. The maximum absolute atomic E-state index is 13.2. The van der Waals surface area contributed by atoms with E-state index in [0.29, 0.717) is 17.6 Å². The Morgan fingerprint density at radius 2 is 1.83 bits per heavy atom. The molecule has 0 radical (unpaired) electrons. The number of hydrogen-bond acceptors (Lipinski definition) is 7. The molecule has 1 fully saturated rings. The van der Waals surface area contributed by atoms with E-state index in [4.69, 9.17) is 15.2 Å². The molecule has 1 saturated carbocycles. The number of benzene rings is 1. The molecule has 8 nitrogen and oxygen atoms in total. The Morgan fingerprint density at radius 1 is 1.03 bits per heavy atom. The highest BCUT2D eigenvalue weighted by Crippen LogP contribution is 2.38. The van der Waals surface area contributed by atoms with Crippen LogP contribution >= 0.6 is 0 Å². The van der Waals surface area contributed by atoms with Crippen molar-refractivity contribution < 1.29 is 22.6 Å². The summed E-state index contributed by atoms with van der Waals surface area (Å²) in [5.74, 6) is -0.145. The fourth-order valence-electron chi connectivity index (χ4n) is 4.34. The van der Waals surface area contributed by atoms with E-state index in [1.54, 1.807) is 4.68 Å². The number of pyridine rings is 1. The van der Waals surface area contributed by atoms with Gasteiger partial charge in [0.25, 0.3) is 5.88 Å². The number of nitrogens with two attached hydrogens (primary N) is 1. The van der Waals surface area contributed by atoms with Gasteiger partial charge in [-0.1, -0.05) is 43.2 Å². The molecule has 1 aromatic carbocycles. The largest absolute Gasteiger partial charge is 0.418 e. The zero-order chi connectivity index (χ0) is 24.4. The molecule has 3 heterocycles. The number of ether oxygens (including phenoxy) is 2. The van der Waals surface area contributed by atoms with Crippen LogP contribution in [0.3, 0.4) is 0 Å².